The first-order chi connectivity index (χ1) is 12.6. The minimum Gasteiger partial charge on any atom is -0.340 e. The summed E-state index contributed by atoms with van der Waals surface area (Å²) in [6.45, 7) is 6.37. The number of hydrogen-bond donors (Lipinski definition) is 1. The summed E-state index contributed by atoms with van der Waals surface area (Å²) in [5.74, 6) is 0.777. The maximum absolute atomic E-state index is 4.50. The first-order valence-corrected chi connectivity index (χ1v) is 8.62. The molecule has 0 saturated carbocycles. The molecule has 0 aliphatic rings. The lowest BCUT2D eigenvalue weighted by molar-refractivity contribution is 1.16. The highest BCUT2D eigenvalue weighted by molar-refractivity contribution is 5.94. The minimum atomic E-state index is 0.777. The standard InChI is InChI=1S/C22H20N4/c1-14-9-15(2)22(16(3)10-14)20-11-21(25-13-24-20)26-19-6-4-5-17-12-23-8-7-18(17)19/h4-13H,1-3H3,(H,24,25,26). The summed E-state index contributed by atoms with van der Waals surface area (Å²) in [6.07, 6.45) is 5.28. The maximum atomic E-state index is 4.50. The molecule has 0 aliphatic carbocycles. The zero-order valence-corrected chi connectivity index (χ0v) is 15.1. The second-order valence-corrected chi connectivity index (χ2v) is 6.59. The molecule has 0 amide bonds. The van der Waals surface area contributed by atoms with Crippen LogP contribution in [0.5, 0.6) is 0 Å². The lowest BCUT2D eigenvalue weighted by atomic mass is 9.97. The van der Waals surface area contributed by atoms with Crippen molar-refractivity contribution in [3.05, 3.63) is 77.9 Å². The molecular formula is C22H20N4. The van der Waals surface area contributed by atoms with E-state index >= 15 is 0 Å². The highest BCUT2D eigenvalue weighted by Crippen LogP contribution is 2.30. The van der Waals surface area contributed by atoms with Crippen LogP contribution in [0.25, 0.3) is 22.0 Å². The Hall–Kier alpha value is -3.27. The summed E-state index contributed by atoms with van der Waals surface area (Å²) in [4.78, 5) is 13.1. The van der Waals surface area contributed by atoms with E-state index in [2.05, 4.69) is 59.2 Å². The lowest BCUT2D eigenvalue weighted by Crippen LogP contribution is -1.98. The van der Waals surface area contributed by atoms with Crippen molar-refractivity contribution in [2.75, 3.05) is 5.32 Å². The molecule has 128 valence electrons. The van der Waals surface area contributed by atoms with Gasteiger partial charge in [0.05, 0.1) is 5.69 Å². The van der Waals surface area contributed by atoms with E-state index in [4.69, 9.17) is 0 Å². The average Bonchev–Trinajstić information content (AvgIpc) is 2.62. The van der Waals surface area contributed by atoms with E-state index in [0.29, 0.717) is 0 Å². The molecule has 1 N–H and O–H groups in total. The molecule has 4 heteroatoms. The molecule has 0 bridgehead atoms. The number of fused-ring (bicyclic) bond motifs is 1. The number of hydrogen-bond acceptors (Lipinski definition) is 4. The zero-order chi connectivity index (χ0) is 18.1. The average molecular weight is 340 g/mol. The van der Waals surface area contributed by atoms with E-state index < -0.39 is 0 Å². The van der Waals surface area contributed by atoms with Crippen molar-refractivity contribution in [1.82, 2.24) is 15.0 Å². The Morgan fingerprint density at radius 2 is 1.69 bits per heavy atom. The second kappa shape index (κ2) is 6.56. The van der Waals surface area contributed by atoms with Gasteiger partial charge in [-0.2, -0.15) is 0 Å². The molecular weight excluding hydrogens is 320 g/mol. The number of aryl methyl sites for hydroxylation is 3. The van der Waals surface area contributed by atoms with E-state index in [1.807, 2.05) is 30.5 Å². The summed E-state index contributed by atoms with van der Waals surface area (Å²) in [5.41, 5.74) is 6.82. The van der Waals surface area contributed by atoms with Crippen LogP contribution in [-0.4, -0.2) is 15.0 Å². The summed E-state index contributed by atoms with van der Waals surface area (Å²) in [7, 11) is 0. The summed E-state index contributed by atoms with van der Waals surface area (Å²) < 4.78 is 0. The van der Waals surface area contributed by atoms with Crippen LogP contribution < -0.4 is 5.32 Å². The number of nitrogens with zero attached hydrogens (tertiary/aromatic N) is 3. The fourth-order valence-electron chi connectivity index (χ4n) is 3.52. The number of anilines is 2. The quantitative estimate of drug-likeness (QED) is 0.545. The molecule has 0 atom stereocenters. The molecule has 2 heterocycles. The molecule has 0 aliphatic heterocycles. The smallest absolute Gasteiger partial charge is 0.134 e. The zero-order valence-electron chi connectivity index (χ0n) is 15.1. The number of benzene rings is 2. The minimum absolute atomic E-state index is 0.777. The van der Waals surface area contributed by atoms with Gasteiger partial charge in [-0.1, -0.05) is 29.8 Å². The molecule has 0 unspecified atom stereocenters. The fourth-order valence-corrected chi connectivity index (χ4v) is 3.52. The molecule has 4 aromatic rings. The van der Waals surface area contributed by atoms with Crippen molar-refractivity contribution in [3.8, 4) is 11.3 Å². The van der Waals surface area contributed by atoms with E-state index in [9.17, 15) is 0 Å². The summed E-state index contributed by atoms with van der Waals surface area (Å²) in [6, 6.07) is 14.5. The van der Waals surface area contributed by atoms with E-state index in [1.165, 1.54) is 22.3 Å². The molecule has 26 heavy (non-hydrogen) atoms. The van der Waals surface area contributed by atoms with Gasteiger partial charge in [-0.3, -0.25) is 4.98 Å². The highest BCUT2D eigenvalue weighted by atomic mass is 15.0. The van der Waals surface area contributed by atoms with E-state index in [1.54, 1.807) is 12.5 Å². The van der Waals surface area contributed by atoms with Gasteiger partial charge in [-0.15, -0.1) is 0 Å². The van der Waals surface area contributed by atoms with Gasteiger partial charge in [0, 0.05) is 40.5 Å². The van der Waals surface area contributed by atoms with Crippen LogP contribution in [0.1, 0.15) is 16.7 Å². The SMILES string of the molecule is Cc1cc(C)c(-c2cc(Nc3cccc4cnccc34)ncn2)c(C)c1. The van der Waals surface area contributed by atoms with Crippen LogP contribution in [-0.2, 0) is 0 Å². The van der Waals surface area contributed by atoms with Gasteiger partial charge < -0.3 is 5.32 Å². The topological polar surface area (TPSA) is 50.7 Å². The largest absolute Gasteiger partial charge is 0.340 e. The van der Waals surface area contributed by atoms with Gasteiger partial charge in [0.15, 0.2) is 0 Å². The maximum Gasteiger partial charge on any atom is 0.134 e. The third-order valence-electron chi connectivity index (χ3n) is 4.54. The van der Waals surface area contributed by atoms with Crippen LogP contribution in [0.2, 0.25) is 0 Å². The van der Waals surface area contributed by atoms with Crippen molar-refractivity contribution in [3.63, 3.8) is 0 Å². The molecule has 2 aromatic heterocycles. The molecule has 0 fully saturated rings. The summed E-state index contributed by atoms with van der Waals surface area (Å²) in [5, 5.41) is 5.64. The first kappa shape index (κ1) is 16.2. The molecule has 0 spiro atoms. The van der Waals surface area contributed by atoms with Crippen LogP contribution >= 0.6 is 0 Å². The number of nitrogens with one attached hydrogen (secondary N) is 1. The van der Waals surface area contributed by atoms with Gasteiger partial charge in [-0.25, -0.2) is 9.97 Å². The predicted octanol–water partition coefficient (Wildman–Crippen LogP) is 5.36. The second-order valence-electron chi connectivity index (χ2n) is 6.59. The van der Waals surface area contributed by atoms with E-state index in [-0.39, 0.29) is 0 Å². The Balaban J connectivity index is 1.75. The van der Waals surface area contributed by atoms with Crippen LogP contribution in [0.15, 0.2) is 61.2 Å². The van der Waals surface area contributed by atoms with Crippen LogP contribution in [0.4, 0.5) is 11.5 Å². The third kappa shape index (κ3) is 3.02. The summed E-state index contributed by atoms with van der Waals surface area (Å²) >= 11 is 0. The Labute approximate surface area is 153 Å². The monoisotopic (exact) mass is 340 g/mol. The van der Waals surface area contributed by atoms with Crippen LogP contribution in [0, 0.1) is 20.8 Å². The van der Waals surface area contributed by atoms with Gasteiger partial charge in [-0.05, 0) is 44.0 Å². The Morgan fingerprint density at radius 1 is 0.885 bits per heavy atom. The number of pyridine rings is 1. The molecule has 4 nitrogen and oxygen atoms in total. The van der Waals surface area contributed by atoms with Gasteiger partial charge in [0.2, 0.25) is 0 Å². The van der Waals surface area contributed by atoms with Gasteiger partial charge in [0.1, 0.15) is 12.1 Å². The predicted molar refractivity (Wildman–Crippen MR) is 107 cm³/mol. The van der Waals surface area contributed by atoms with Crippen LogP contribution in [0.3, 0.4) is 0 Å². The van der Waals surface area contributed by atoms with Gasteiger partial charge in [0.25, 0.3) is 0 Å². The molecule has 0 radical (unpaired) electrons. The van der Waals surface area contributed by atoms with Crippen molar-refractivity contribution < 1.29 is 0 Å². The molecule has 4 rings (SSSR count). The first-order valence-electron chi connectivity index (χ1n) is 8.62. The highest BCUT2D eigenvalue weighted by Gasteiger charge is 2.10. The molecule has 2 aromatic carbocycles. The lowest BCUT2D eigenvalue weighted by Gasteiger charge is -2.13. The Kier molecular flexibility index (Phi) is 4.09. The van der Waals surface area contributed by atoms with Crippen molar-refractivity contribution >= 4 is 22.3 Å². The van der Waals surface area contributed by atoms with Crippen molar-refractivity contribution in [2.45, 2.75) is 20.8 Å². The van der Waals surface area contributed by atoms with Crippen molar-refractivity contribution in [2.24, 2.45) is 0 Å². The van der Waals surface area contributed by atoms with Gasteiger partial charge >= 0.3 is 0 Å². The Morgan fingerprint density at radius 3 is 2.50 bits per heavy atom. The fraction of sp³-hybridized carbons (Fsp3) is 0.136. The number of rotatable bonds is 3. The third-order valence-corrected chi connectivity index (χ3v) is 4.54. The molecule has 0 saturated heterocycles. The van der Waals surface area contributed by atoms with Crippen molar-refractivity contribution in [1.29, 1.82) is 0 Å². The van der Waals surface area contributed by atoms with E-state index in [0.717, 1.165) is 28.0 Å². The number of aromatic nitrogens is 3. The normalized spacial score (nSPS) is 10.9. The Bertz CT molecular complexity index is 1070.